The van der Waals surface area contributed by atoms with Crippen LogP contribution in [0.15, 0.2) is 11.4 Å². The van der Waals surface area contributed by atoms with Gasteiger partial charge < -0.3 is 10.2 Å². The van der Waals surface area contributed by atoms with Crippen molar-refractivity contribution in [1.29, 1.82) is 0 Å². The van der Waals surface area contributed by atoms with Gasteiger partial charge in [0.2, 0.25) is 5.91 Å². The first-order valence-corrected chi connectivity index (χ1v) is 10.4. The first kappa shape index (κ1) is 18.8. The summed E-state index contributed by atoms with van der Waals surface area (Å²) in [6.07, 6.45) is 2.92. The monoisotopic (exact) mass is 397 g/mol. The number of aryl methyl sites for hydroxylation is 1. The van der Waals surface area contributed by atoms with Crippen molar-refractivity contribution < 1.29 is 4.79 Å². The molecule has 0 aromatic carbocycles. The highest BCUT2D eigenvalue weighted by Gasteiger charge is 2.31. The Morgan fingerprint density at radius 2 is 2.28 bits per heavy atom. The summed E-state index contributed by atoms with van der Waals surface area (Å²) in [7, 11) is 0. The third kappa shape index (κ3) is 3.92. The van der Waals surface area contributed by atoms with Crippen LogP contribution in [0, 0.1) is 12.8 Å². The molecular formula is C18H24ClN3OS2. The Balaban J connectivity index is 0.00000182. The average molecular weight is 398 g/mol. The predicted octanol–water partition coefficient (Wildman–Crippen LogP) is 3.87. The van der Waals surface area contributed by atoms with E-state index in [1.807, 2.05) is 18.3 Å². The first-order valence-electron chi connectivity index (χ1n) is 8.66. The molecule has 0 aliphatic carbocycles. The Hall–Kier alpha value is -0.950. The van der Waals surface area contributed by atoms with Crippen LogP contribution < -0.4 is 5.32 Å². The number of thiophene rings is 1. The summed E-state index contributed by atoms with van der Waals surface area (Å²) in [6, 6.07) is 2.70. The van der Waals surface area contributed by atoms with Gasteiger partial charge in [0, 0.05) is 35.3 Å². The smallest absolute Gasteiger partial charge is 0.226 e. The fraction of sp³-hybridized carbons (Fsp3) is 0.556. The number of aromatic nitrogens is 1. The zero-order valence-electron chi connectivity index (χ0n) is 14.6. The minimum atomic E-state index is 0. The van der Waals surface area contributed by atoms with E-state index in [4.69, 9.17) is 0 Å². The van der Waals surface area contributed by atoms with Gasteiger partial charge >= 0.3 is 0 Å². The summed E-state index contributed by atoms with van der Waals surface area (Å²) >= 11 is 3.54. The zero-order chi connectivity index (χ0) is 16.7. The predicted molar refractivity (Wildman–Crippen MR) is 107 cm³/mol. The fourth-order valence-electron chi connectivity index (χ4n) is 3.74. The van der Waals surface area contributed by atoms with Gasteiger partial charge in [-0.1, -0.05) is 0 Å². The molecule has 25 heavy (non-hydrogen) atoms. The number of halogens is 1. The summed E-state index contributed by atoms with van der Waals surface area (Å²) in [4.78, 5) is 22.2. The Labute approximate surface area is 163 Å². The van der Waals surface area contributed by atoms with Crippen molar-refractivity contribution in [2.75, 3.05) is 13.1 Å². The maximum Gasteiger partial charge on any atom is 0.226 e. The molecule has 0 spiro atoms. The maximum absolute atomic E-state index is 12.9. The first-order chi connectivity index (χ1) is 11.6. The number of nitrogens with one attached hydrogen (secondary N) is 1. The lowest BCUT2D eigenvalue weighted by molar-refractivity contribution is -0.137. The van der Waals surface area contributed by atoms with Gasteiger partial charge in [0.05, 0.1) is 15.6 Å². The number of carbonyl (C=O) groups excluding carboxylic acids is 1. The molecule has 0 saturated carbocycles. The highest BCUT2D eigenvalue weighted by molar-refractivity contribution is 7.16. The van der Waals surface area contributed by atoms with Gasteiger partial charge in [-0.3, -0.25) is 4.79 Å². The lowest BCUT2D eigenvalue weighted by atomic mass is 9.91. The van der Waals surface area contributed by atoms with Crippen LogP contribution in [0.5, 0.6) is 0 Å². The lowest BCUT2D eigenvalue weighted by Gasteiger charge is -2.34. The largest absolute Gasteiger partial charge is 0.338 e. The van der Waals surface area contributed by atoms with E-state index < -0.39 is 0 Å². The molecule has 4 nitrogen and oxygen atoms in total. The molecule has 1 N–H and O–H groups in total. The van der Waals surface area contributed by atoms with Crippen LogP contribution in [0.3, 0.4) is 0 Å². The van der Waals surface area contributed by atoms with Crippen LogP contribution in [0.2, 0.25) is 0 Å². The van der Waals surface area contributed by atoms with E-state index in [0.717, 1.165) is 49.6 Å². The second kappa shape index (κ2) is 7.74. The molecule has 2 aliphatic heterocycles. The van der Waals surface area contributed by atoms with Gasteiger partial charge in [0.25, 0.3) is 0 Å². The van der Waals surface area contributed by atoms with Crippen molar-refractivity contribution in [3.63, 3.8) is 0 Å². The normalized spacial score (nSPS) is 23.0. The van der Waals surface area contributed by atoms with Gasteiger partial charge in [0.1, 0.15) is 0 Å². The number of fused-ring (bicyclic) bond motifs is 1. The Bertz CT molecular complexity index is 757. The number of rotatable bonds is 2. The molecule has 2 aliphatic rings. The molecule has 2 aromatic rings. The molecule has 7 heteroatoms. The van der Waals surface area contributed by atoms with Crippen LogP contribution in [0.4, 0.5) is 0 Å². The Morgan fingerprint density at radius 1 is 1.44 bits per heavy atom. The van der Waals surface area contributed by atoms with E-state index in [0.29, 0.717) is 11.9 Å². The van der Waals surface area contributed by atoms with Crippen molar-refractivity contribution in [2.24, 2.45) is 5.92 Å². The number of carbonyl (C=O) groups is 1. The average Bonchev–Trinajstić information content (AvgIpc) is 3.19. The number of hydrogen-bond acceptors (Lipinski definition) is 5. The third-order valence-corrected chi connectivity index (χ3v) is 7.06. The second-order valence-electron chi connectivity index (χ2n) is 6.90. The SMILES string of the molecule is Cc1nc(-c2cc3c(s2)CCN(C(=O)[C@H]2CCN[C@@H](C)C2)C3)cs1.Cl. The summed E-state index contributed by atoms with van der Waals surface area (Å²) in [5, 5.41) is 6.67. The molecule has 4 rings (SSSR count). The molecule has 0 unspecified atom stereocenters. The van der Waals surface area contributed by atoms with Crippen molar-refractivity contribution in [3.8, 4) is 10.6 Å². The fourth-order valence-corrected chi connectivity index (χ4v) is 5.55. The number of nitrogens with zero attached hydrogens (tertiary/aromatic N) is 2. The highest BCUT2D eigenvalue weighted by atomic mass is 35.5. The highest BCUT2D eigenvalue weighted by Crippen LogP contribution is 2.35. The van der Waals surface area contributed by atoms with Crippen LogP contribution >= 0.6 is 35.1 Å². The zero-order valence-corrected chi connectivity index (χ0v) is 17.0. The topological polar surface area (TPSA) is 45.2 Å². The number of amides is 1. The van der Waals surface area contributed by atoms with Crippen LogP contribution in [0.1, 0.15) is 35.2 Å². The summed E-state index contributed by atoms with van der Waals surface area (Å²) < 4.78 is 0. The van der Waals surface area contributed by atoms with E-state index in [-0.39, 0.29) is 18.3 Å². The molecule has 2 atom stereocenters. The minimum Gasteiger partial charge on any atom is -0.338 e. The molecule has 1 amide bonds. The third-order valence-electron chi connectivity index (χ3n) is 5.02. The summed E-state index contributed by atoms with van der Waals surface area (Å²) in [5.74, 6) is 0.549. The summed E-state index contributed by atoms with van der Waals surface area (Å²) in [6.45, 7) is 6.81. The number of hydrogen-bond donors (Lipinski definition) is 1. The minimum absolute atomic E-state index is 0. The number of piperidine rings is 1. The van der Waals surface area contributed by atoms with Crippen LogP contribution in [-0.4, -0.2) is 34.9 Å². The molecule has 136 valence electrons. The molecule has 0 bridgehead atoms. The maximum atomic E-state index is 12.9. The van der Waals surface area contributed by atoms with Gasteiger partial charge in [-0.05, 0) is 51.3 Å². The van der Waals surface area contributed by atoms with E-state index in [9.17, 15) is 4.79 Å². The van der Waals surface area contributed by atoms with Crippen LogP contribution in [0.25, 0.3) is 10.6 Å². The Kier molecular flexibility index (Phi) is 5.83. The molecular weight excluding hydrogens is 374 g/mol. The van der Waals surface area contributed by atoms with Gasteiger partial charge in [-0.15, -0.1) is 35.1 Å². The Morgan fingerprint density at radius 3 is 3.00 bits per heavy atom. The quantitative estimate of drug-likeness (QED) is 0.836. The molecule has 1 fully saturated rings. The van der Waals surface area contributed by atoms with E-state index in [2.05, 4.69) is 33.6 Å². The molecule has 4 heterocycles. The van der Waals surface area contributed by atoms with E-state index in [1.165, 1.54) is 15.3 Å². The van der Waals surface area contributed by atoms with Crippen molar-refractivity contribution in [1.82, 2.24) is 15.2 Å². The number of thiazole rings is 1. The van der Waals surface area contributed by atoms with Crippen LogP contribution in [-0.2, 0) is 17.8 Å². The molecule has 1 saturated heterocycles. The van der Waals surface area contributed by atoms with Gasteiger partial charge in [-0.2, -0.15) is 0 Å². The second-order valence-corrected chi connectivity index (χ2v) is 9.10. The standard InChI is InChI=1S/C18H23N3OS2.ClH/c1-11-7-13(3-5-19-11)18(22)21-6-4-16-14(9-21)8-17(24-16)15-10-23-12(2)20-15;/h8,10-11,13,19H,3-7,9H2,1-2H3;1H/t11-,13-;/m0./s1. The molecule has 0 radical (unpaired) electrons. The lowest BCUT2D eigenvalue weighted by Crippen LogP contribution is -2.45. The van der Waals surface area contributed by atoms with E-state index in [1.54, 1.807) is 11.3 Å². The van der Waals surface area contributed by atoms with Gasteiger partial charge in [-0.25, -0.2) is 4.98 Å². The van der Waals surface area contributed by atoms with Crippen molar-refractivity contribution in [2.45, 2.75) is 45.7 Å². The van der Waals surface area contributed by atoms with Crippen molar-refractivity contribution >= 4 is 41.0 Å². The summed E-state index contributed by atoms with van der Waals surface area (Å²) in [5.41, 5.74) is 2.41. The van der Waals surface area contributed by atoms with E-state index >= 15 is 0 Å². The van der Waals surface area contributed by atoms with Gasteiger partial charge in [0.15, 0.2) is 0 Å². The molecule has 2 aromatic heterocycles. The van der Waals surface area contributed by atoms with Crippen molar-refractivity contribution in [3.05, 3.63) is 26.9 Å².